The van der Waals surface area contributed by atoms with Crippen LogP contribution in [0.4, 0.5) is 11.4 Å². The van der Waals surface area contributed by atoms with Gasteiger partial charge in [-0.05, 0) is 59.2 Å². The Labute approximate surface area is 333 Å². The largest absolute Gasteiger partial charge is 0.453 e. The van der Waals surface area contributed by atoms with Gasteiger partial charge in [-0.3, -0.25) is 0 Å². The number of hydrogen-bond acceptors (Lipinski definition) is 5. The van der Waals surface area contributed by atoms with Crippen molar-refractivity contribution in [2.45, 2.75) is 12.0 Å². The zero-order chi connectivity index (χ0) is 37.5. The van der Waals surface area contributed by atoms with Crippen LogP contribution >= 0.6 is 11.3 Å². The van der Waals surface area contributed by atoms with Crippen LogP contribution in [0.2, 0.25) is 0 Å². The molecule has 7 aromatic carbocycles. The van der Waals surface area contributed by atoms with Crippen LogP contribution in [0, 0.1) is 0 Å². The predicted molar refractivity (Wildman–Crippen MR) is 237 cm³/mol. The normalized spacial score (nSPS) is 15.9. The maximum absolute atomic E-state index is 7.13. The lowest BCUT2D eigenvalue weighted by atomic mass is 9.91. The number of anilines is 2. The van der Waals surface area contributed by atoms with Crippen LogP contribution in [0.3, 0.4) is 0 Å². The number of benzene rings is 7. The summed E-state index contributed by atoms with van der Waals surface area (Å²) in [5.74, 6) is 0.861. The third-order valence-electron chi connectivity index (χ3n) is 11.6. The van der Waals surface area contributed by atoms with Crippen molar-refractivity contribution in [1.82, 2.24) is 9.97 Å². The molecular formula is C52H33N3OS. The number of hydrogen-bond donors (Lipinski definition) is 0. The lowest BCUT2D eigenvalue weighted by Crippen LogP contribution is -2.28. The van der Waals surface area contributed by atoms with E-state index in [4.69, 9.17) is 14.4 Å². The minimum Gasteiger partial charge on any atom is -0.453 e. The molecule has 1 aliphatic heterocycles. The van der Waals surface area contributed by atoms with E-state index in [0.717, 1.165) is 67.0 Å². The summed E-state index contributed by atoms with van der Waals surface area (Å²) in [4.78, 5) is 13.2. The van der Waals surface area contributed by atoms with E-state index in [1.165, 1.54) is 31.3 Å². The fourth-order valence-electron chi connectivity index (χ4n) is 8.96. The Bertz CT molecular complexity index is 3270. The van der Waals surface area contributed by atoms with Crippen molar-refractivity contribution in [3.63, 3.8) is 0 Å². The second-order valence-corrected chi connectivity index (χ2v) is 16.0. The molecule has 2 atom stereocenters. The van der Waals surface area contributed by atoms with Crippen LogP contribution < -0.4 is 4.90 Å². The SMILES string of the molecule is C1=CC2c3ccc4c(oc5c(-c6nc(-c7cccc(-c8ccccc8)c7)cc(-c7ccc8c(c7)sc7ccccc78)n6)cccc54)c3N(c3ccccc3)C2C=C1. The highest BCUT2D eigenvalue weighted by Gasteiger charge is 2.40. The number of rotatable bonds is 5. The van der Waals surface area contributed by atoms with Gasteiger partial charge in [-0.25, -0.2) is 9.97 Å². The summed E-state index contributed by atoms with van der Waals surface area (Å²) >= 11 is 1.82. The highest BCUT2D eigenvalue weighted by atomic mass is 32.1. The zero-order valence-electron chi connectivity index (χ0n) is 30.7. The average Bonchev–Trinajstić information content (AvgIpc) is 3.96. The molecule has 2 unspecified atom stereocenters. The highest BCUT2D eigenvalue weighted by Crippen LogP contribution is 2.52. The average molecular weight is 748 g/mol. The van der Waals surface area contributed by atoms with Crippen molar-refractivity contribution in [3.05, 3.63) is 194 Å². The molecule has 0 bridgehead atoms. The van der Waals surface area contributed by atoms with Gasteiger partial charge in [0.2, 0.25) is 0 Å². The van der Waals surface area contributed by atoms with Crippen LogP contribution in [0.15, 0.2) is 193 Å². The van der Waals surface area contributed by atoms with E-state index in [2.05, 4.69) is 193 Å². The van der Waals surface area contributed by atoms with Gasteiger partial charge in [0, 0.05) is 53.7 Å². The smallest absolute Gasteiger partial charge is 0.164 e. The molecule has 0 radical (unpaired) electrons. The number of nitrogens with zero attached hydrogens (tertiary/aromatic N) is 3. The number of fused-ring (bicyclic) bond motifs is 10. The minimum atomic E-state index is 0.165. The van der Waals surface area contributed by atoms with E-state index in [-0.39, 0.29) is 12.0 Å². The van der Waals surface area contributed by atoms with Crippen LogP contribution in [0.5, 0.6) is 0 Å². The van der Waals surface area contributed by atoms with Gasteiger partial charge in [0.05, 0.1) is 28.7 Å². The quantitative estimate of drug-likeness (QED) is 0.176. The Hall–Kier alpha value is -7.08. The van der Waals surface area contributed by atoms with E-state index in [9.17, 15) is 0 Å². The highest BCUT2D eigenvalue weighted by molar-refractivity contribution is 7.25. The summed E-state index contributed by atoms with van der Waals surface area (Å²) in [6.45, 7) is 0. The molecule has 0 saturated heterocycles. The molecule has 3 aromatic heterocycles. The molecule has 5 heteroatoms. The monoisotopic (exact) mass is 747 g/mol. The lowest BCUT2D eigenvalue weighted by molar-refractivity contribution is 0.668. The lowest BCUT2D eigenvalue weighted by Gasteiger charge is -2.28. The molecule has 0 spiro atoms. The summed E-state index contributed by atoms with van der Waals surface area (Å²) in [5, 5.41) is 4.68. The Kier molecular flexibility index (Phi) is 7.19. The fourth-order valence-corrected chi connectivity index (χ4v) is 10.1. The Morgan fingerprint density at radius 3 is 2.04 bits per heavy atom. The molecule has 0 N–H and O–H groups in total. The van der Waals surface area contributed by atoms with Gasteiger partial charge >= 0.3 is 0 Å². The Balaban J connectivity index is 1.07. The van der Waals surface area contributed by atoms with E-state index in [1.807, 2.05) is 11.3 Å². The van der Waals surface area contributed by atoms with Gasteiger partial charge in [0.15, 0.2) is 11.4 Å². The molecule has 0 saturated carbocycles. The first-order chi connectivity index (χ1) is 28.2. The third-order valence-corrected chi connectivity index (χ3v) is 12.8. The molecular weight excluding hydrogens is 715 g/mol. The number of para-hydroxylation sites is 2. The summed E-state index contributed by atoms with van der Waals surface area (Å²) < 4.78 is 9.65. The molecule has 4 heterocycles. The zero-order valence-corrected chi connectivity index (χ0v) is 31.5. The van der Waals surface area contributed by atoms with Crippen molar-refractivity contribution in [1.29, 1.82) is 0 Å². The molecule has 268 valence electrons. The van der Waals surface area contributed by atoms with Gasteiger partial charge in [-0.15, -0.1) is 11.3 Å². The van der Waals surface area contributed by atoms with Crippen LogP contribution in [-0.2, 0) is 0 Å². The summed E-state index contributed by atoms with van der Waals surface area (Å²) in [5.41, 5.74) is 12.2. The topological polar surface area (TPSA) is 42.2 Å². The van der Waals surface area contributed by atoms with E-state index in [1.54, 1.807) is 0 Å². The maximum atomic E-state index is 7.13. The van der Waals surface area contributed by atoms with Crippen molar-refractivity contribution in [2.75, 3.05) is 4.90 Å². The Morgan fingerprint density at radius 1 is 0.491 bits per heavy atom. The predicted octanol–water partition coefficient (Wildman–Crippen LogP) is 14.1. The third kappa shape index (κ3) is 5.13. The molecule has 1 aliphatic carbocycles. The van der Waals surface area contributed by atoms with Gasteiger partial charge in [0.1, 0.15) is 5.58 Å². The van der Waals surface area contributed by atoms with Crippen LogP contribution in [0.1, 0.15) is 11.5 Å². The molecule has 2 aliphatic rings. The second-order valence-electron chi connectivity index (χ2n) is 14.9. The number of thiophene rings is 1. The number of allylic oxidation sites excluding steroid dienone is 2. The number of furan rings is 1. The molecule has 10 aromatic rings. The number of aromatic nitrogens is 2. The molecule has 12 rings (SSSR count). The van der Waals surface area contributed by atoms with Gasteiger partial charge in [-0.1, -0.05) is 146 Å². The second kappa shape index (κ2) is 12.7. The van der Waals surface area contributed by atoms with E-state index < -0.39 is 0 Å². The first kappa shape index (κ1) is 32.2. The standard InChI is InChI=1S/C52H33N3OS/c1-3-13-32(14-4-1)33-15-11-16-34(29-33)44-31-45(35-25-26-39-38-20-8-10-24-47(38)57-48(39)30-35)54-52(53-44)43-22-12-21-41-42-28-27-40-37-19-7-9-23-46(37)55(36-17-5-2-6-18-36)49(40)51(42)56-50(41)43/h1-31,37,46H. The van der Waals surface area contributed by atoms with Gasteiger partial charge < -0.3 is 9.32 Å². The van der Waals surface area contributed by atoms with Crippen molar-refractivity contribution < 1.29 is 4.42 Å². The van der Waals surface area contributed by atoms with Crippen molar-refractivity contribution in [2.24, 2.45) is 0 Å². The van der Waals surface area contributed by atoms with E-state index in [0.29, 0.717) is 5.82 Å². The molecule has 57 heavy (non-hydrogen) atoms. The summed E-state index contributed by atoms with van der Waals surface area (Å²) in [6.07, 6.45) is 8.95. The first-order valence-electron chi connectivity index (χ1n) is 19.4. The summed E-state index contributed by atoms with van der Waals surface area (Å²) in [7, 11) is 0. The maximum Gasteiger partial charge on any atom is 0.164 e. The van der Waals surface area contributed by atoms with Crippen LogP contribution in [0.25, 0.3) is 87.1 Å². The fraction of sp³-hybridized carbons (Fsp3) is 0.0385. The van der Waals surface area contributed by atoms with E-state index >= 15 is 0 Å². The van der Waals surface area contributed by atoms with Gasteiger partial charge in [-0.2, -0.15) is 0 Å². The summed E-state index contributed by atoms with van der Waals surface area (Å²) in [6, 6.07) is 58.4. The Morgan fingerprint density at radius 2 is 1.16 bits per heavy atom. The first-order valence-corrected chi connectivity index (χ1v) is 20.2. The molecule has 0 fully saturated rings. The van der Waals surface area contributed by atoms with Crippen molar-refractivity contribution in [3.8, 4) is 45.0 Å². The van der Waals surface area contributed by atoms with Crippen molar-refractivity contribution >= 4 is 64.8 Å². The molecule has 0 amide bonds. The minimum absolute atomic E-state index is 0.165. The van der Waals surface area contributed by atoms with Gasteiger partial charge in [0.25, 0.3) is 0 Å². The molecule has 4 nitrogen and oxygen atoms in total. The van der Waals surface area contributed by atoms with Crippen LogP contribution in [-0.4, -0.2) is 16.0 Å².